The molecule has 0 spiro atoms. The highest BCUT2D eigenvalue weighted by Crippen LogP contribution is 2.40. The van der Waals surface area contributed by atoms with Gasteiger partial charge in [0.15, 0.2) is 5.82 Å². The topological polar surface area (TPSA) is 28.7 Å². The number of aromatic amines is 1. The van der Waals surface area contributed by atoms with Crippen LogP contribution in [0.5, 0.6) is 0 Å². The first kappa shape index (κ1) is 18.2. The molecule has 0 radical (unpaired) electrons. The Morgan fingerprint density at radius 3 is 1.70 bits per heavy atom. The van der Waals surface area contributed by atoms with E-state index in [-0.39, 0.29) is 17.5 Å². The minimum Gasteiger partial charge on any atom is -0.338 e. The number of alkyl halides is 3. The standard InChI is InChI=1S/C20H11Cl3F2N2/c21-20(22,23)19-26-17-9-15(11-1-5-13(24)6-2-11)16(10-18(17)27-19)12-3-7-14(25)8-4-12/h1-10H,(H,26,27). The van der Waals surface area contributed by atoms with Crippen LogP contribution in [0.3, 0.4) is 0 Å². The van der Waals surface area contributed by atoms with Crippen LogP contribution in [0.25, 0.3) is 33.3 Å². The molecule has 0 unspecified atom stereocenters. The summed E-state index contributed by atoms with van der Waals surface area (Å²) in [5, 5.41) is 0. The number of hydrogen-bond acceptors (Lipinski definition) is 1. The molecule has 1 aromatic heterocycles. The molecule has 3 aromatic carbocycles. The summed E-state index contributed by atoms with van der Waals surface area (Å²) in [5.74, 6) is -0.464. The fraction of sp³-hybridized carbons (Fsp3) is 0.0500. The predicted molar refractivity (Wildman–Crippen MR) is 106 cm³/mol. The number of nitrogens with zero attached hydrogens (tertiary/aromatic N) is 1. The first-order chi connectivity index (χ1) is 12.8. The van der Waals surface area contributed by atoms with Gasteiger partial charge in [0, 0.05) is 0 Å². The molecule has 136 valence electrons. The Bertz CT molecular complexity index is 1030. The van der Waals surface area contributed by atoms with Crippen LogP contribution in [0.1, 0.15) is 5.82 Å². The van der Waals surface area contributed by atoms with E-state index in [0.717, 1.165) is 22.3 Å². The maximum Gasteiger partial charge on any atom is 0.248 e. The van der Waals surface area contributed by atoms with E-state index in [2.05, 4.69) is 9.97 Å². The summed E-state index contributed by atoms with van der Waals surface area (Å²) in [6.07, 6.45) is 0. The fourth-order valence-corrected chi connectivity index (χ4v) is 3.20. The molecule has 4 aromatic rings. The van der Waals surface area contributed by atoms with Crippen molar-refractivity contribution in [1.82, 2.24) is 9.97 Å². The van der Waals surface area contributed by atoms with Crippen molar-refractivity contribution >= 4 is 45.8 Å². The van der Waals surface area contributed by atoms with Crippen molar-refractivity contribution in [3.05, 3.63) is 78.1 Å². The maximum atomic E-state index is 13.4. The van der Waals surface area contributed by atoms with E-state index in [1.165, 1.54) is 24.3 Å². The van der Waals surface area contributed by atoms with Crippen LogP contribution < -0.4 is 0 Å². The van der Waals surface area contributed by atoms with Crippen LogP contribution in [-0.4, -0.2) is 9.97 Å². The number of fused-ring (bicyclic) bond motifs is 1. The molecule has 27 heavy (non-hydrogen) atoms. The second-order valence-corrected chi connectivity index (χ2v) is 8.29. The van der Waals surface area contributed by atoms with Crippen LogP contribution in [0.15, 0.2) is 60.7 Å². The van der Waals surface area contributed by atoms with Gasteiger partial charge in [-0.25, -0.2) is 13.8 Å². The molecule has 0 aliphatic heterocycles. The van der Waals surface area contributed by atoms with Gasteiger partial charge in [-0.2, -0.15) is 0 Å². The van der Waals surface area contributed by atoms with Crippen molar-refractivity contribution in [1.29, 1.82) is 0 Å². The first-order valence-corrected chi connectivity index (χ1v) is 9.07. The normalized spacial score (nSPS) is 11.9. The van der Waals surface area contributed by atoms with Crippen LogP contribution in [0, 0.1) is 11.6 Å². The zero-order chi connectivity index (χ0) is 19.2. The Morgan fingerprint density at radius 2 is 1.22 bits per heavy atom. The second-order valence-electron chi connectivity index (χ2n) is 6.01. The summed E-state index contributed by atoms with van der Waals surface area (Å²) < 4.78 is 25.0. The summed E-state index contributed by atoms with van der Waals surface area (Å²) in [6.45, 7) is 0. The average molecular weight is 424 g/mol. The largest absolute Gasteiger partial charge is 0.338 e. The van der Waals surface area contributed by atoms with Crippen LogP contribution >= 0.6 is 34.8 Å². The van der Waals surface area contributed by atoms with E-state index >= 15 is 0 Å². The van der Waals surface area contributed by atoms with Gasteiger partial charge < -0.3 is 4.98 Å². The van der Waals surface area contributed by atoms with Crippen molar-refractivity contribution in [2.75, 3.05) is 0 Å². The molecule has 1 N–H and O–H groups in total. The minimum atomic E-state index is -1.69. The van der Waals surface area contributed by atoms with E-state index < -0.39 is 3.79 Å². The Morgan fingerprint density at radius 1 is 0.741 bits per heavy atom. The predicted octanol–water partition coefficient (Wildman–Crippen LogP) is 7.00. The molecular weight excluding hydrogens is 413 g/mol. The second kappa shape index (κ2) is 6.79. The molecule has 0 amide bonds. The lowest BCUT2D eigenvalue weighted by Gasteiger charge is -2.11. The Hall–Kier alpha value is -2.14. The first-order valence-electron chi connectivity index (χ1n) is 7.94. The van der Waals surface area contributed by atoms with Gasteiger partial charge in [-0.1, -0.05) is 59.1 Å². The van der Waals surface area contributed by atoms with Gasteiger partial charge in [0.05, 0.1) is 11.0 Å². The molecule has 0 fully saturated rings. The summed E-state index contributed by atoms with van der Waals surface area (Å²) in [7, 11) is 0. The van der Waals surface area contributed by atoms with Crippen molar-refractivity contribution < 1.29 is 8.78 Å². The zero-order valence-corrected chi connectivity index (χ0v) is 15.9. The molecule has 0 saturated carbocycles. The van der Waals surface area contributed by atoms with E-state index in [9.17, 15) is 8.78 Å². The van der Waals surface area contributed by atoms with E-state index in [1.54, 1.807) is 24.3 Å². The lowest BCUT2D eigenvalue weighted by molar-refractivity contribution is 0.627. The highest BCUT2D eigenvalue weighted by Gasteiger charge is 2.27. The molecule has 0 aliphatic rings. The van der Waals surface area contributed by atoms with Crippen molar-refractivity contribution in [2.24, 2.45) is 0 Å². The van der Waals surface area contributed by atoms with Gasteiger partial charge in [0.2, 0.25) is 3.79 Å². The third-order valence-corrected chi connectivity index (χ3v) is 4.74. The van der Waals surface area contributed by atoms with Gasteiger partial charge in [-0.15, -0.1) is 0 Å². The monoisotopic (exact) mass is 422 g/mol. The summed E-state index contributed by atoms with van der Waals surface area (Å²) in [6, 6.07) is 15.9. The van der Waals surface area contributed by atoms with Crippen LogP contribution in [0.2, 0.25) is 0 Å². The third kappa shape index (κ3) is 3.65. The SMILES string of the molecule is Fc1ccc(-c2cc3nc(C(Cl)(Cl)Cl)[nH]c3cc2-c2ccc(F)cc2)cc1. The van der Waals surface area contributed by atoms with E-state index in [0.29, 0.717) is 11.0 Å². The lowest BCUT2D eigenvalue weighted by atomic mass is 9.94. The zero-order valence-electron chi connectivity index (χ0n) is 13.6. The minimum absolute atomic E-state index is 0.198. The molecule has 0 bridgehead atoms. The summed E-state index contributed by atoms with van der Waals surface area (Å²) in [5.41, 5.74) is 4.46. The van der Waals surface area contributed by atoms with Crippen molar-refractivity contribution in [3.63, 3.8) is 0 Å². The van der Waals surface area contributed by atoms with Gasteiger partial charge in [-0.05, 0) is 58.7 Å². The number of nitrogens with one attached hydrogen (secondary N) is 1. The fourth-order valence-electron chi connectivity index (χ4n) is 2.93. The number of H-pyrrole nitrogens is 1. The third-order valence-electron chi connectivity index (χ3n) is 4.20. The number of imidazole rings is 1. The average Bonchev–Trinajstić information content (AvgIpc) is 3.05. The van der Waals surface area contributed by atoms with E-state index in [1.807, 2.05) is 12.1 Å². The van der Waals surface area contributed by atoms with Gasteiger partial charge in [-0.3, -0.25) is 0 Å². The van der Waals surface area contributed by atoms with Gasteiger partial charge >= 0.3 is 0 Å². The lowest BCUT2D eigenvalue weighted by Crippen LogP contribution is -2.01. The maximum absolute atomic E-state index is 13.4. The molecule has 0 saturated heterocycles. The van der Waals surface area contributed by atoms with Crippen LogP contribution in [0.4, 0.5) is 8.78 Å². The molecule has 2 nitrogen and oxygen atoms in total. The van der Waals surface area contributed by atoms with Crippen molar-refractivity contribution in [3.8, 4) is 22.3 Å². The quantitative estimate of drug-likeness (QED) is 0.345. The van der Waals surface area contributed by atoms with Gasteiger partial charge in [0.25, 0.3) is 0 Å². The molecule has 1 heterocycles. The summed E-state index contributed by atoms with van der Waals surface area (Å²) in [4.78, 5) is 7.35. The molecular formula is C20H11Cl3F2N2. The number of benzene rings is 3. The Balaban J connectivity index is 1.98. The van der Waals surface area contributed by atoms with Gasteiger partial charge in [0.1, 0.15) is 11.6 Å². The number of halogens is 5. The smallest absolute Gasteiger partial charge is 0.248 e. The Labute approximate surface area is 168 Å². The number of aromatic nitrogens is 2. The van der Waals surface area contributed by atoms with Crippen molar-refractivity contribution in [2.45, 2.75) is 3.79 Å². The summed E-state index contributed by atoms with van der Waals surface area (Å²) >= 11 is 17.8. The molecule has 4 rings (SSSR count). The highest BCUT2D eigenvalue weighted by molar-refractivity contribution is 6.66. The number of rotatable bonds is 2. The number of hydrogen-bond donors (Lipinski definition) is 1. The molecule has 0 atom stereocenters. The highest BCUT2D eigenvalue weighted by atomic mass is 35.6. The van der Waals surface area contributed by atoms with Crippen LogP contribution in [-0.2, 0) is 3.79 Å². The molecule has 0 aliphatic carbocycles. The Kier molecular flexibility index (Phi) is 4.58. The molecule has 7 heteroatoms. The van der Waals surface area contributed by atoms with E-state index in [4.69, 9.17) is 34.8 Å².